The summed E-state index contributed by atoms with van der Waals surface area (Å²) in [6.07, 6.45) is 3.78. The molecule has 2 heterocycles. The molecule has 0 atom stereocenters. The average molecular weight is 315 g/mol. The van der Waals surface area contributed by atoms with E-state index in [1.54, 1.807) is 7.11 Å². The van der Waals surface area contributed by atoms with Gasteiger partial charge in [-0.1, -0.05) is 24.8 Å². The lowest BCUT2D eigenvalue weighted by Gasteiger charge is -2.40. The molecule has 23 heavy (non-hydrogen) atoms. The third kappa shape index (κ3) is 3.26. The van der Waals surface area contributed by atoms with Crippen LogP contribution in [-0.2, 0) is 16.0 Å². The van der Waals surface area contributed by atoms with Crippen molar-refractivity contribution in [2.75, 3.05) is 33.9 Å². The summed E-state index contributed by atoms with van der Waals surface area (Å²) in [4.78, 5) is 2.34. The molecule has 1 fully saturated rings. The second-order valence-corrected chi connectivity index (χ2v) is 6.44. The standard InChI is InChI=1S/C18H25N3O2/c1-14(22-3)18(7-9-23-10-8-18)13-21(2)12-16-6-4-5-15-11-19-20-17(15)16/h4-6,11H,1,7-10,12-13H2,2-3H3,(H,19,20). The van der Waals surface area contributed by atoms with Crippen LogP contribution in [0.5, 0.6) is 0 Å². The van der Waals surface area contributed by atoms with Crippen LogP contribution in [0.2, 0.25) is 0 Å². The molecule has 5 nitrogen and oxygen atoms in total. The number of nitrogens with zero attached hydrogens (tertiary/aromatic N) is 2. The van der Waals surface area contributed by atoms with E-state index in [1.165, 1.54) is 5.56 Å². The molecule has 1 aliphatic heterocycles. The Labute approximate surface area is 137 Å². The van der Waals surface area contributed by atoms with E-state index >= 15 is 0 Å². The molecule has 124 valence electrons. The summed E-state index contributed by atoms with van der Waals surface area (Å²) in [6, 6.07) is 6.31. The maximum Gasteiger partial charge on any atom is 0.0960 e. The molecule has 1 aliphatic rings. The number of hydrogen-bond acceptors (Lipinski definition) is 4. The normalized spacial score (nSPS) is 17.5. The van der Waals surface area contributed by atoms with Crippen molar-refractivity contribution in [2.45, 2.75) is 19.4 Å². The fourth-order valence-corrected chi connectivity index (χ4v) is 3.53. The predicted molar refractivity (Wildman–Crippen MR) is 91.1 cm³/mol. The van der Waals surface area contributed by atoms with Gasteiger partial charge in [-0.05, 0) is 25.5 Å². The maximum atomic E-state index is 5.54. The van der Waals surface area contributed by atoms with Gasteiger partial charge in [0.1, 0.15) is 0 Å². The summed E-state index contributed by atoms with van der Waals surface area (Å²) in [7, 11) is 3.86. The van der Waals surface area contributed by atoms with Gasteiger partial charge in [0, 0.05) is 37.1 Å². The molecule has 1 aromatic carbocycles. The van der Waals surface area contributed by atoms with Gasteiger partial charge in [0.25, 0.3) is 0 Å². The molecule has 3 rings (SSSR count). The van der Waals surface area contributed by atoms with Crippen molar-refractivity contribution in [3.63, 3.8) is 0 Å². The van der Waals surface area contributed by atoms with Gasteiger partial charge in [-0.25, -0.2) is 0 Å². The fourth-order valence-electron chi connectivity index (χ4n) is 3.53. The molecule has 0 bridgehead atoms. The summed E-state index contributed by atoms with van der Waals surface area (Å²) in [6.45, 7) is 7.46. The fraction of sp³-hybridized carbons (Fsp3) is 0.500. The molecule has 0 saturated carbocycles. The van der Waals surface area contributed by atoms with E-state index in [1.807, 2.05) is 6.20 Å². The molecular weight excluding hydrogens is 290 g/mol. The monoisotopic (exact) mass is 315 g/mol. The highest BCUT2D eigenvalue weighted by Crippen LogP contribution is 2.38. The van der Waals surface area contributed by atoms with Crippen molar-refractivity contribution >= 4 is 10.9 Å². The molecule has 1 saturated heterocycles. The number of benzene rings is 1. The lowest BCUT2D eigenvalue weighted by Crippen LogP contribution is -2.41. The first-order chi connectivity index (χ1) is 11.1. The van der Waals surface area contributed by atoms with Crippen LogP contribution in [0.4, 0.5) is 0 Å². The third-order valence-electron chi connectivity index (χ3n) is 4.86. The van der Waals surface area contributed by atoms with Crippen molar-refractivity contribution in [2.24, 2.45) is 5.41 Å². The van der Waals surface area contributed by atoms with Gasteiger partial charge >= 0.3 is 0 Å². The second kappa shape index (κ2) is 6.72. The Morgan fingerprint density at radius 2 is 2.22 bits per heavy atom. The Morgan fingerprint density at radius 3 is 2.96 bits per heavy atom. The molecule has 2 aromatic rings. The summed E-state index contributed by atoms with van der Waals surface area (Å²) >= 11 is 0. The lowest BCUT2D eigenvalue weighted by atomic mass is 9.78. The summed E-state index contributed by atoms with van der Waals surface area (Å²) < 4.78 is 11.0. The van der Waals surface area contributed by atoms with Crippen LogP contribution in [0, 0.1) is 5.41 Å². The van der Waals surface area contributed by atoms with Gasteiger partial charge in [0.2, 0.25) is 0 Å². The van der Waals surface area contributed by atoms with E-state index < -0.39 is 0 Å². The lowest BCUT2D eigenvalue weighted by molar-refractivity contribution is -0.00812. The summed E-state index contributed by atoms with van der Waals surface area (Å²) in [5, 5.41) is 8.40. The topological polar surface area (TPSA) is 50.4 Å². The van der Waals surface area contributed by atoms with Crippen LogP contribution >= 0.6 is 0 Å². The van der Waals surface area contributed by atoms with Gasteiger partial charge in [-0.2, -0.15) is 5.10 Å². The quantitative estimate of drug-likeness (QED) is 0.833. The SMILES string of the molecule is C=C(OC)C1(CN(C)Cc2cccc3cn[nH]c23)CCOCC1. The zero-order valence-corrected chi connectivity index (χ0v) is 14.0. The molecule has 0 amide bonds. The number of H-pyrrole nitrogens is 1. The Morgan fingerprint density at radius 1 is 1.43 bits per heavy atom. The van der Waals surface area contributed by atoms with Crippen molar-refractivity contribution in [1.29, 1.82) is 0 Å². The largest absolute Gasteiger partial charge is 0.501 e. The Hall–Kier alpha value is -1.85. The number of ether oxygens (including phenoxy) is 2. The molecule has 0 spiro atoms. The van der Waals surface area contributed by atoms with Crippen molar-refractivity contribution in [1.82, 2.24) is 15.1 Å². The number of para-hydroxylation sites is 1. The van der Waals surface area contributed by atoms with Gasteiger partial charge in [0.15, 0.2) is 0 Å². The zero-order chi connectivity index (χ0) is 16.3. The third-order valence-corrected chi connectivity index (χ3v) is 4.86. The van der Waals surface area contributed by atoms with Gasteiger partial charge < -0.3 is 14.4 Å². The minimum Gasteiger partial charge on any atom is -0.501 e. The van der Waals surface area contributed by atoms with E-state index in [4.69, 9.17) is 9.47 Å². The molecule has 5 heteroatoms. The smallest absolute Gasteiger partial charge is 0.0960 e. The Bertz CT molecular complexity index is 674. The molecule has 0 aliphatic carbocycles. The van der Waals surface area contributed by atoms with Crippen LogP contribution in [0.15, 0.2) is 36.7 Å². The van der Waals surface area contributed by atoms with E-state index in [0.717, 1.165) is 55.8 Å². The number of rotatable bonds is 6. The molecule has 1 aromatic heterocycles. The number of aromatic amines is 1. The highest BCUT2D eigenvalue weighted by molar-refractivity contribution is 5.81. The summed E-state index contributed by atoms with van der Waals surface area (Å²) in [5.74, 6) is 0.868. The Balaban J connectivity index is 1.75. The maximum absolute atomic E-state index is 5.54. The van der Waals surface area contributed by atoms with Crippen molar-refractivity contribution < 1.29 is 9.47 Å². The van der Waals surface area contributed by atoms with Crippen LogP contribution < -0.4 is 0 Å². The first-order valence-electron chi connectivity index (χ1n) is 8.05. The van der Waals surface area contributed by atoms with Crippen LogP contribution in [0.25, 0.3) is 10.9 Å². The molecule has 1 N–H and O–H groups in total. The Kier molecular flexibility index (Phi) is 4.68. The summed E-state index contributed by atoms with van der Waals surface area (Å²) in [5.41, 5.74) is 2.35. The number of hydrogen-bond donors (Lipinski definition) is 1. The molecule has 0 unspecified atom stereocenters. The molecule has 0 radical (unpaired) electrons. The number of methoxy groups -OCH3 is 1. The predicted octanol–water partition coefficient (Wildman–Crippen LogP) is 2.95. The van der Waals surface area contributed by atoms with Crippen LogP contribution in [0.3, 0.4) is 0 Å². The van der Waals surface area contributed by atoms with E-state index in [0.29, 0.717) is 0 Å². The number of nitrogens with one attached hydrogen (secondary N) is 1. The number of fused-ring (bicyclic) bond motifs is 1. The van der Waals surface area contributed by atoms with E-state index in [2.05, 4.69) is 46.9 Å². The minimum absolute atomic E-state index is 0.0242. The number of aromatic nitrogens is 2. The molecular formula is C18H25N3O2. The van der Waals surface area contributed by atoms with Gasteiger partial charge in [0.05, 0.1) is 24.6 Å². The van der Waals surface area contributed by atoms with Gasteiger partial charge in [-0.15, -0.1) is 0 Å². The van der Waals surface area contributed by atoms with Gasteiger partial charge in [-0.3, -0.25) is 5.10 Å². The van der Waals surface area contributed by atoms with E-state index in [9.17, 15) is 0 Å². The first kappa shape index (κ1) is 16.0. The van der Waals surface area contributed by atoms with Crippen molar-refractivity contribution in [3.05, 3.63) is 42.3 Å². The van der Waals surface area contributed by atoms with E-state index in [-0.39, 0.29) is 5.41 Å². The highest BCUT2D eigenvalue weighted by atomic mass is 16.5. The highest BCUT2D eigenvalue weighted by Gasteiger charge is 2.37. The first-order valence-corrected chi connectivity index (χ1v) is 8.05. The second-order valence-electron chi connectivity index (χ2n) is 6.44. The van der Waals surface area contributed by atoms with Crippen LogP contribution in [-0.4, -0.2) is 49.0 Å². The van der Waals surface area contributed by atoms with Crippen molar-refractivity contribution in [3.8, 4) is 0 Å². The minimum atomic E-state index is -0.0242. The average Bonchev–Trinajstić information content (AvgIpc) is 3.04. The van der Waals surface area contributed by atoms with Crippen LogP contribution in [0.1, 0.15) is 18.4 Å². The zero-order valence-electron chi connectivity index (χ0n) is 14.0.